The molecular formula is C30H42N2O3. The smallest absolute Gasteiger partial charge is 0.330 e. The predicted molar refractivity (Wildman–Crippen MR) is 138 cm³/mol. The summed E-state index contributed by atoms with van der Waals surface area (Å²) in [5, 5.41) is 12.6. The van der Waals surface area contributed by atoms with Crippen molar-refractivity contribution in [3.8, 4) is 29.8 Å². The predicted octanol–water partition coefficient (Wildman–Crippen LogP) is 5.17. The number of nitriles is 1. The van der Waals surface area contributed by atoms with E-state index in [1.807, 2.05) is 0 Å². The van der Waals surface area contributed by atoms with Crippen LogP contribution in [0.15, 0.2) is 12.7 Å². The lowest BCUT2D eigenvalue weighted by molar-refractivity contribution is -0.137. The molecule has 2 aliphatic carbocycles. The van der Waals surface area contributed by atoms with Crippen LogP contribution in [0.3, 0.4) is 0 Å². The molecule has 0 aromatic rings. The lowest BCUT2D eigenvalue weighted by Crippen LogP contribution is -2.37. The van der Waals surface area contributed by atoms with Gasteiger partial charge in [-0.3, -0.25) is 0 Å². The van der Waals surface area contributed by atoms with E-state index < -0.39 is 0 Å². The zero-order chi connectivity index (χ0) is 24.7. The molecule has 1 saturated heterocycles. The van der Waals surface area contributed by atoms with Crippen molar-refractivity contribution in [2.24, 2.45) is 23.7 Å². The Bertz CT molecular complexity index is 816. The average molecular weight is 479 g/mol. The Morgan fingerprint density at radius 2 is 1.40 bits per heavy atom. The molecule has 5 nitrogen and oxygen atoms in total. The normalized spacial score (nSPS) is 30.5. The largest absolute Gasteiger partial charge is 0.463 e. The van der Waals surface area contributed by atoms with Gasteiger partial charge in [-0.05, 0) is 83.5 Å². The van der Waals surface area contributed by atoms with Crippen molar-refractivity contribution in [3.05, 3.63) is 12.7 Å². The molecule has 3 rings (SSSR count). The molecule has 0 aromatic carbocycles. The van der Waals surface area contributed by atoms with Crippen molar-refractivity contribution < 1.29 is 14.3 Å². The van der Waals surface area contributed by atoms with Gasteiger partial charge in [0.2, 0.25) is 0 Å². The van der Waals surface area contributed by atoms with E-state index in [1.54, 1.807) is 0 Å². The van der Waals surface area contributed by atoms with Gasteiger partial charge in [0.1, 0.15) is 0 Å². The number of carbonyl (C=O) groups excluding carboxylic acids is 1. The Morgan fingerprint density at radius 1 is 0.800 bits per heavy atom. The molecule has 2 atom stereocenters. The Kier molecular flexibility index (Phi) is 12.2. The minimum absolute atomic E-state index is 0.251. The second kappa shape index (κ2) is 15.7. The molecule has 0 aromatic heterocycles. The number of hydrogen-bond donors (Lipinski definition) is 1. The molecule has 0 amide bonds. The summed E-state index contributed by atoms with van der Waals surface area (Å²) in [6.07, 6.45) is 15.3. The zero-order valence-corrected chi connectivity index (χ0v) is 21.2. The fraction of sp³-hybridized carbons (Fsp3) is 0.733. The highest BCUT2D eigenvalue weighted by molar-refractivity contribution is 5.81. The van der Waals surface area contributed by atoms with Crippen molar-refractivity contribution in [3.63, 3.8) is 0 Å². The molecule has 1 heterocycles. The van der Waals surface area contributed by atoms with E-state index in [-0.39, 0.29) is 11.9 Å². The second-order valence-corrected chi connectivity index (χ2v) is 10.3. The monoisotopic (exact) mass is 478 g/mol. The molecule has 1 N–H and O–H groups in total. The molecule has 35 heavy (non-hydrogen) atoms. The van der Waals surface area contributed by atoms with Crippen molar-refractivity contribution in [2.75, 3.05) is 19.8 Å². The highest BCUT2D eigenvalue weighted by Crippen LogP contribution is 2.28. The summed E-state index contributed by atoms with van der Waals surface area (Å²) in [5.41, 5.74) is 0. The van der Waals surface area contributed by atoms with E-state index in [1.165, 1.54) is 6.08 Å². The fourth-order valence-corrected chi connectivity index (χ4v) is 5.16. The number of unbranched alkanes of at least 4 members (excludes halogenated alkanes) is 2. The lowest BCUT2D eigenvalue weighted by Gasteiger charge is -2.27. The first kappa shape index (κ1) is 27.3. The van der Waals surface area contributed by atoms with Gasteiger partial charge in [0.05, 0.1) is 24.8 Å². The molecule has 0 spiro atoms. The Morgan fingerprint density at radius 3 is 2.06 bits per heavy atom. The van der Waals surface area contributed by atoms with Crippen molar-refractivity contribution in [1.29, 1.82) is 5.26 Å². The highest BCUT2D eigenvalue weighted by Gasteiger charge is 2.22. The molecule has 5 heteroatoms. The molecule has 0 bridgehead atoms. The van der Waals surface area contributed by atoms with Crippen LogP contribution in [-0.4, -0.2) is 37.9 Å². The van der Waals surface area contributed by atoms with Gasteiger partial charge in [0.15, 0.2) is 0 Å². The number of hydrogen-bond acceptors (Lipinski definition) is 5. The summed E-state index contributed by atoms with van der Waals surface area (Å²) in [6, 6.07) is 2.70. The minimum Gasteiger partial charge on any atom is -0.463 e. The molecular weight excluding hydrogens is 436 g/mol. The molecule has 2 unspecified atom stereocenters. The van der Waals surface area contributed by atoms with Crippen LogP contribution >= 0.6 is 0 Å². The van der Waals surface area contributed by atoms with E-state index in [4.69, 9.17) is 14.7 Å². The third-order valence-corrected chi connectivity index (χ3v) is 7.50. The number of carbonyl (C=O) groups is 1. The van der Waals surface area contributed by atoms with E-state index >= 15 is 0 Å². The van der Waals surface area contributed by atoms with Crippen molar-refractivity contribution >= 4 is 5.97 Å². The van der Waals surface area contributed by atoms with Crippen LogP contribution in [0.1, 0.15) is 83.5 Å². The van der Waals surface area contributed by atoms with Crippen LogP contribution in [-0.2, 0) is 14.3 Å². The number of esters is 1. The Hall–Kier alpha value is -2.26. The molecule has 3 aliphatic rings. The summed E-state index contributed by atoms with van der Waals surface area (Å²) in [5.74, 6) is 15.4. The van der Waals surface area contributed by atoms with Crippen LogP contribution in [0.5, 0.6) is 0 Å². The summed E-state index contributed by atoms with van der Waals surface area (Å²) < 4.78 is 11.0. The van der Waals surface area contributed by atoms with Gasteiger partial charge in [-0.25, -0.2) is 4.79 Å². The van der Waals surface area contributed by atoms with Crippen LogP contribution in [0.2, 0.25) is 0 Å². The quantitative estimate of drug-likeness (QED) is 0.226. The minimum atomic E-state index is -0.346. The highest BCUT2D eigenvalue weighted by atomic mass is 16.5. The van der Waals surface area contributed by atoms with E-state index in [0.717, 1.165) is 96.6 Å². The van der Waals surface area contributed by atoms with Crippen LogP contribution in [0, 0.1) is 58.7 Å². The molecule has 1 aliphatic heterocycles. The van der Waals surface area contributed by atoms with Crippen molar-refractivity contribution in [2.45, 2.75) is 95.6 Å². The Labute approximate surface area is 212 Å². The number of rotatable bonds is 8. The van der Waals surface area contributed by atoms with Crippen LogP contribution in [0.4, 0.5) is 0 Å². The maximum atomic E-state index is 11.0. The first-order chi connectivity index (χ1) is 17.2. The first-order valence-electron chi connectivity index (χ1n) is 13.7. The number of ether oxygens (including phenoxy) is 2. The van der Waals surface area contributed by atoms with E-state index in [2.05, 4.69) is 41.6 Å². The number of nitrogens with zero attached hydrogens (tertiary/aromatic N) is 1. The standard InChI is InChI=1S/C30H42N2O3/c1-2-30(33)35-21-5-3-4-20-34-29-18-14-25(15-19-29)8-11-27-13-17-28(32-23-27)16-12-24-6-9-26(22-31)10-7-24/h2,24-29,32H,1,3-7,9-10,13-15,17-21,23H2. The van der Waals surface area contributed by atoms with Crippen LogP contribution in [0.25, 0.3) is 0 Å². The molecule has 0 radical (unpaired) electrons. The van der Waals surface area contributed by atoms with E-state index in [0.29, 0.717) is 36.5 Å². The average Bonchev–Trinajstić information content (AvgIpc) is 2.91. The van der Waals surface area contributed by atoms with Gasteiger partial charge in [0, 0.05) is 42.9 Å². The number of piperidine rings is 1. The van der Waals surface area contributed by atoms with Gasteiger partial charge < -0.3 is 14.8 Å². The summed E-state index contributed by atoms with van der Waals surface area (Å²) in [4.78, 5) is 11.0. The van der Waals surface area contributed by atoms with Gasteiger partial charge in [-0.1, -0.05) is 30.3 Å². The van der Waals surface area contributed by atoms with Crippen molar-refractivity contribution in [1.82, 2.24) is 5.32 Å². The molecule has 2 saturated carbocycles. The van der Waals surface area contributed by atoms with E-state index in [9.17, 15) is 4.79 Å². The molecule has 3 fully saturated rings. The van der Waals surface area contributed by atoms with Gasteiger partial charge in [-0.15, -0.1) is 0 Å². The maximum Gasteiger partial charge on any atom is 0.330 e. The topological polar surface area (TPSA) is 71.3 Å². The SMILES string of the molecule is C=CC(=O)OCCCCCOC1CCC(C#CC2CCC(C#CC3CCC(C#N)CC3)NC2)CC1. The summed E-state index contributed by atoms with van der Waals surface area (Å²) in [6.45, 7) is 5.58. The number of nitrogens with one attached hydrogen (secondary N) is 1. The van der Waals surface area contributed by atoms with Gasteiger partial charge >= 0.3 is 5.97 Å². The third-order valence-electron chi connectivity index (χ3n) is 7.50. The van der Waals surface area contributed by atoms with Crippen LogP contribution < -0.4 is 5.32 Å². The van der Waals surface area contributed by atoms with Gasteiger partial charge in [0.25, 0.3) is 0 Å². The summed E-state index contributed by atoms with van der Waals surface area (Å²) >= 11 is 0. The maximum absolute atomic E-state index is 11.0. The summed E-state index contributed by atoms with van der Waals surface area (Å²) in [7, 11) is 0. The third kappa shape index (κ3) is 10.5. The van der Waals surface area contributed by atoms with Gasteiger partial charge in [-0.2, -0.15) is 5.26 Å². The first-order valence-corrected chi connectivity index (χ1v) is 13.7. The lowest BCUT2D eigenvalue weighted by atomic mass is 9.83. The zero-order valence-electron chi connectivity index (χ0n) is 21.2. The molecule has 190 valence electrons. The Balaban J connectivity index is 1.23. The second-order valence-electron chi connectivity index (χ2n) is 10.3. The fourth-order valence-electron chi connectivity index (χ4n) is 5.16.